The summed E-state index contributed by atoms with van der Waals surface area (Å²) in [4.78, 5) is 3.55. The molecule has 1 aliphatic rings. The Hall–Kier alpha value is -3.06. The molecule has 3 aromatic carbocycles. The highest BCUT2D eigenvalue weighted by atomic mass is 14.7. The minimum Gasteiger partial charge on any atom is -0.355 e. The smallest absolute Gasteiger partial charge is 0.0465 e. The molecule has 0 unspecified atom stereocenters. The number of benzene rings is 3. The first-order valence-electron chi connectivity index (χ1n) is 8.86. The van der Waals surface area contributed by atoms with Crippen molar-refractivity contribution in [3.63, 3.8) is 0 Å². The van der Waals surface area contributed by atoms with Crippen molar-refractivity contribution in [2.75, 3.05) is 0 Å². The molecule has 0 amide bonds. The molecule has 0 radical (unpaired) electrons. The Balaban J connectivity index is 1.70. The summed E-state index contributed by atoms with van der Waals surface area (Å²) in [7, 11) is 0. The number of H-pyrrole nitrogens is 1. The fourth-order valence-corrected chi connectivity index (χ4v) is 3.71. The second-order valence-electron chi connectivity index (χ2n) is 6.65. The first kappa shape index (κ1) is 14.3. The maximum Gasteiger partial charge on any atom is 0.0465 e. The highest BCUT2D eigenvalue weighted by molar-refractivity contribution is 6.09. The van der Waals surface area contributed by atoms with Gasteiger partial charge in [0.1, 0.15) is 0 Å². The van der Waals surface area contributed by atoms with E-state index in [1.165, 1.54) is 44.1 Å². The quantitative estimate of drug-likeness (QED) is 0.422. The molecule has 1 heteroatoms. The van der Waals surface area contributed by atoms with Crippen LogP contribution >= 0.6 is 0 Å². The lowest BCUT2D eigenvalue weighted by molar-refractivity contribution is 1.04. The predicted molar refractivity (Wildman–Crippen MR) is 108 cm³/mol. The third-order valence-corrected chi connectivity index (χ3v) is 5.03. The van der Waals surface area contributed by atoms with Crippen molar-refractivity contribution in [2.45, 2.75) is 12.8 Å². The summed E-state index contributed by atoms with van der Waals surface area (Å²) in [6.45, 7) is 0. The summed E-state index contributed by atoms with van der Waals surface area (Å²) in [6, 6.07) is 24.0. The van der Waals surface area contributed by atoms with Crippen molar-refractivity contribution in [2.24, 2.45) is 0 Å². The number of hydrogen-bond acceptors (Lipinski definition) is 0. The predicted octanol–water partition coefficient (Wildman–Crippen LogP) is 6.72. The molecule has 0 bridgehead atoms. The summed E-state index contributed by atoms with van der Waals surface area (Å²) >= 11 is 0. The fourth-order valence-electron chi connectivity index (χ4n) is 3.71. The van der Waals surface area contributed by atoms with Crippen LogP contribution in [0.5, 0.6) is 0 Å². The Morgan fingerprint density at radius 3 is 2.08 bits per heavy atom. The maximum absolute atomic E-state index is 3.55. The molecule has 25 heavy (non-hydrogen) atoms. The highest BCUT2D eigenvalue weighted by Gasteiger charge is 2.09. The molecular weight excluding hydrogens is 302 g/mol. The number of rotatable bonds is 2. The van der Waals surface area contributed by atoms with Crippen LogP contribution in [0.3, 0.4) is 0 Å². The van der Waals surface area contributed by atoms with Gasteiger partial charge in [-0.2, -0.15) is 0 Å². The largest absolute Gasteiger partial charge is 0.355 e. The molecule has 1 nitrogen and oxygen atoms in total. The first-order chi connectivity index (χ1) is 12.4. The summed E-state index contributed by atoms with van der Waals surface area (Å²) in [5, 5.41) is 2.59. The van der Waals surface area contributed by atoms with Crippen LogP contribution in [0.4, 0.5) is 0 Å². The van der Waals surface area contributed by atoms with Gasteiger partial charge in [0.25, 0.3) is 0 Å². The van der Waals surface area contributed by atoms with Crippen molar-refractivity contribution >= 4 is 27.4 Å². The lowest BCUT2D eigenvalue weighted by atomic mass is 9.97. The molecule has 1 N–H and O–H groups in total. The number of aromatic amines is 1. The molecule has 1 heterocycles. The first-order valence-corrected chi connectivity index (χ1v) is 8.86. The van der Waals surface area contributed by atoms with Gasteiger partial charge in [0.15, 0.2) is 0 Å². The zero-order chi connectivity index (χ0) is 16.6. The van der Waals surface area contributed by atoms with Crippen molar-refractivity contribution in [3.8, 4) is 11.1 Å². The monoisotopic (exact) mass is 321 g/mol. The van der Waals surface area contributed by atoms with E-state index in [1.54, 1.807) is 0 Å². The highest BCUT2D eigenvalue weighted by Crippen LogP contribution is 2.32. The SMILES string of the molecule is C1=CC(c2ccc3[nH]c4ccc(-c5ccccc5)cc4c3c2)=CCC1. The average Bonchev–Trinajstić information content (AvgIpc) is 3.06. The Kier molecular flexibility index (Phi) is 3.31. The molecule has 1 aliphatic carbocycles. The van der Waals surface area contributed by atoms with Crippen LogP contribution in [0.15, 0.2) is 85.0 Å². The fraction of sp³-hybridized carbons (Fsp3) is 0.0833. The molecule has 0 saturated carbocycles. The van der Waals surface area contributed by atoms with E-state index >= 15 is 0 Å². The standard InChI is InChI=1S/C24H19N/c1-3-7-17(8-4-1)19-11-13-23-21(15-19)22-16-20(12-14-24(22)25-23)18-9-5-2-6-10-18/h1,3-5,7-16,25H,2,6H2. The van der Waals surface area contributed by atoms with Crippen molar-refractivity contribution in [1.29, 1.82) is 0 Å². The zero-order valence-corrected chi connectivity index (χ0v) is 14.0. The molecule has 0 fully saturated rings. The Morgan fingerprint density at radius 2 is 1.36 bits per heavy atom. The molecule has 1 aromatic heterocycles. The minimum atomic E-state index is 1.13. The van der Waals surface area contributed by atoms with Gasteiger partial charge in [-0.1, -0.05) is 60.7 Å². The summed E-state index contributed by atoms with van der Waals surface area (Å²) in [5.41, 5.74) is 7.55. The molecular formula is C24H19N. The van der Waals surface area contributed by atoms with Gasteiger partial charge in [0.2, 0.25) is 0 Å². The molecule has 5 rings (SSSR count). The van der Waals surface area contributed by atoms with Crippen molar-refractivity contribution in [3.05, 3.63) is 90.5 Å². The van der Waals surface area contributed by atoms with E-state index in [1.807, 2.05) is 0 Å². The lowest BCUT2D eigenvalue weighted by Gasteiger charge is -2.07. The van der Waals surface area contributed by atoms with Gasteiger partial charge in [-0.05, 0) is 59.4 Å². The van der Waals surface area contributed by atoms with Crippen LogP contribution in [0.1, 0.15) is 18.4 Å². The van der Waals surface area contributed by atoms with Gasteiger partial charge < -0.3 is 4.98 Å². The number of nitrogens with one attached hydrogen (secondary N) is 1. The molecule has 4 aromatic rings. The van der Waals surface area contributed by atoms with E-state index < -0.39 is 0 Å². The van der Waals surface area contributed by atoms with Crippen LogP contribution in [0, 0.1) is 0 Å². The van der Waals surface area contributed by atoms with E-state index in [0.717, 1.165) is 12.8 Å². The topological polar surface area (TPSA) is 15.8 Å². The normalized spacial score (nSPS) is 14.2. The third-order valence-electron chi connectivity index (χ3n) is 5.03. The molecule has 0 spiro atoms. The van der Waals surface area contributed by atoms with E-state index in [4.69, 9.17) is 0 Å². The van der Waals surface area contributed by atoms with Crippen molar-refractivity contribution < 1.29 is 0 Å². The lowest BCUT2D eigenvalue weighted by Crippen LogP contribution is -1.85. The van der Waals surface area contributed by atoms with Crippen LogP contribution in [0.2, 0.25) is 0 Å². The van der Waals surface area contributed by atoms with E-state index in [9.17, 15) is 0 Å². The molecule has 0 atom stereocenters. The van der Waals surface area contributed by atoms with Gasteiger partial charge in [-0.15, -0.1) is 0 Å². The third kappa shape index (κ3) is 2.49. The molecule has 0 saturated heterocycles. The number of aromatic nitrogens is 1. The van der Waals surface area contributed by atoms with E-state index in [-0.39, 0.29) is 0 Å². The van der Waals surface area contributed by atoms with Crippen LogP contribution in [-0.4, -0.2) is 4.98 Å². The number of allylic oxidation sites excluding steroid dienone is 4. The van der Waals surface area contributed by atoms with Gasteiger partial charge in [-0.3, -0.25) is 0 Å². The van der Waals surface area contributed by atoms with Crippen molar-refractivity contribution in [1.82, 2.24) is 4.98 Å². The Morgan fingerprint density at radius 1 is 0.640 bits per heavy atom. The van der Waals surface area contributed by atoms with E-state index in [0.29, 0.717) is 0 Å². The van der Waals surface area contributed by atoms with Gasteiger partial charge >= 0.3 is 0 Å². The summed E-state index contributed by atoms with van der Waals surface area (Å²) in [6.07, 6.45) is 9.14. The second-order valence-corrected chi connectivity index (χ2v) is 6.65. The van der Waals surface area contributed by atoms with Crippen LogP contribution in [-0.2, 0) is 0 Å². The van der Waals surface area contributed by atoms with Crippen LogP contribution in [0.25, 0.3) is 38.5 Å². The number of fused-ring (bicyclic) bond motifs is 3. The molecule has 0 aliphatic heterocycles. The minimum absolute atomic E-state index is 1.13. The summed E-state index contributed by atoms with van der Waals surface area (Å²) in [5.74, 6) is 0. The summed E-state index contributed by atoms with van der Waals surface area (Å²) < 4.78 is 0. The van der Waals surface area contributed by atoms with E-state index in [2.05, 4.69) is 89.9 Å². The second kappa shape index (κ2) is 5.78. The Bertz CT molecular complexity index is 1130. The maximum atomic E-state index is 3.55. The zero-order valence-electron chi connectivity index (χ0n) is 14.0. The molecule has 120 valence electrons. The van der Waals surface area contributed by atoms with Gasteiger partial charge in [0.05, 0.1) is 0 Å². The Labute approximate surface area is 147 Å². The number of hydrogen-bond donors (Lipinski definition) is 1. The van der Waals surface area contributed by atoms with Crippen LogP contribution < -0.4 is 0 Å². The van der Waals surface area contributed by atoms with Gasteiger partial charge in [0, 0.05) is 21.8 Å². The van der Waals surface area contributed by atoms with Gasteiger partial charge in [-0.25, -0.2) is 0 Å². The average molecular weight is 321 g/mol.